The lowest BCUT2D eigenvalue weighted by atomic mass is 9.84. The Labute approximate surface area is 133 Å². The molecule has 1 aliphatic carbocycles. The van der Waals surface area contributed by atoms with Crippen molar-refractivity contribution in [2.24, 2.45) is 5.92 Å². The molecule has 1 saturated heterocycles. The lowest BCUT2D eigenvalue weighted by Gasteiger charge is -2.37. The van der Waals surface area contributed by atoms with Crippen LogP contribution in [0.3, 0.4) is 0 Å². The number of rotatable bonds is 3. The summed E-state index contributed by atoms with van der Waals surface area (Å²) in [6.07, 6.45) is 3.08. The predicted octanol–water partition coefficient (Wildman–Crippen LogP) is 2.03. The molecule has 0 atom stereocenters. The molecule has 21 heavy (non-hydrogen) atoms. The molecule has 1 aromatic rings. The maximum absolute atomic E-state index is 12.5. The van der Waals surface area contributed by atoms with E-state index in [9.17, 15) is 13.2 Å². The molecule has 3 rings (SSSR count). The number of hydrogen-bond donors (Lipinski definition) is 0. The van der Waals surface area contributed by atoms with Crippen LogP contribution in [0.15, 0.2) is 16.3 Å². The van der Waals surface area contributed by atoms with Gasteiger partial charge in [0.1, 0.15) is 4.21 Å². The van der Waals surface area contributed by atoms with Crippen molar-refractivity contribution in [1.29, 1.82) is 0 Å². The van der Waals surface area contributed by atoms with Crippen LogP contribution in [0, 0.1) is 5.92 Å². The van der Waals surface area contributed by atoms with Gasteiger partial charge in [-0.15, -0.1) is 11.3 Å². The van der Waals surface area contributed by atoms with E-state index >= 15 is 0 Å². The first-order valence-corrected chi connectivity index (χ1v) is 9.66. The minimum atomic E-state index is -3.47. The summed E-state index contributed by atoms with van der Waals surface area (Å²) in [5.74, 6) is 0.363. The second-order valence-corrected chi connectivity index (χ2v) is 9.30. The lowest BCUT2D eigenvalue weighted by molar-refractivity contribution is -0.139. The number of sulfonamides is 1. The highest BCUT2D eigenvalue weighted by molar-refractivity contribution is 7.91. The number of nitrogens with zero attached hydrogens (tertiary/aromatic N) is 2. The van der Waals surface area contributed by atoms with Crippen LogP contribution in [-0.2, 0) is 14.8 Å². The van der Waals surface area contributed by atoms with Gasteiger partial charge in [-0.25, -0.2) is 8.42 Å². The lowest BCUT2D eigenvalue weighted by Crippen LogP contribution is -2.52. The molecule has 0 aromatic carbocycles. The maximum Gasteiger partial charge on any atom is 0.252 e. The summed E-state index contributed by atoms with van der Waals surface area (Å²) < 4.78 is 27.1. The molecule has 1 saturated carbocycles. The fraction of sp³-hybridized carbons (Fsp3) is 0.615. The predicted molar refractivity (Wildman–Crippen MR) is 82.0 cm³/mol. The van der Waals surface area contributed by atoms with E-state index in [-0.39, 0.29) is 16.0 Å². The van der Waals surface area contributed by atoms with Gasteiger partial charge in [0.05, 0.1) is 4.34 Å². The number of carbonyl (C=O) groups is 1. The highest BCUT2D eigenvalue weighted by Crippen LogP contribution is 2.30. The zero-order valence-corrected chi connectivity index (χ0v) is 13.9. The van der Waals surface area contributed by atoms with Crippen molar-refractivity contribution in [2.45, 2.75) is 23.5 Å². The Morgan fingerprint density at radius 3 is 2.33 bits per heavy atom. The molecule has 1 aromatic heterocycles. The van der Waals surface area contributed by atoms with Gasteiger partial charge in [0.25, 0.3) is 10.0 Å². The average molecular weight is 349 g/mol. The minimum Gasteiger partial charge on any atom is -0.340 e. The normalized spacial score (nSPS) is 21.3. The number of amides is 1. The molecule has 116 valence electrons. The number of thiophene rings is 1. The summed E-state index contributed by atoms with van der Waals surface area (Å²) in [5.41, 5.74) is 0. The molecule has 0 spiro atoms. The Balaban J connectivity index is 1.64. The van der Waals surface area contributed by atoms with E-state index in [0.717, 1.165) is 30.6 Å². The van der Waals surface area contributed by atoms with Crippen molar-refractivity contribution in [3.63, 3.8) is 0 Å². The topological polar surface area (TPSA) is 57.7 Å². The molecule has 0 radical (unpaired) electrons. The first-order chi connectivity index (χ1) is 9.98. The quantitative estimate of drug-likeness (QED) is 0.839. The van der Waals surface area contributed by atoms with Gasteiger partial charge in [-0.2, -0.15) is 4.31 Å². The van der Waals surface area contributed by atoms with Crippen molar-refractivity contribution in [3.8, 4) is 0 Å². The second kappa shape index (κ2) is 5.87. The first kappa shape index (κ1) is 15.3. The van der Waals surface area contributed by atoms with Crippen LogP contribution in [-0.4, -0.2) is 49.7 Å². The highest BCUT2D eigenvalue weighted by atomic mass is 35.5. The van der Waals surface area contributed by atoms with Crippen molar-refractivity contribution in [2.75, 3.05) is 26.2 Å². The first-order valence-electron chi connectivity index (χ1n) is 7.03. The van der Waals surface area contributed by atoms with E-state index in [4.69, 9.17) is 11.6 Å². The molecule has 0 unspecified atom stereocenters. The van der Waals surface area contributed by atoms with Gasteiger partial charge >= 0.3 is 0 Å². The number of hydrogen-bond acceptors (Lipinski definition) is 4. The summed E-state index contributed by atoms with van der Waals surface area (Å²) in [7, 11) is -3.47. The molecule has 2 heterocycles. The van der Waals surface area contributed by atoms with Crippen LogP contribution < -0.4 is 0 Å². The van der Waals surface area contributed by atoms with Gasteiger partial charge in [-0.1, -0.05) is 18.0 Å². The monoisotopic (exact) mass is 348 g/mol. The molecule has 0 bridgehead atoms. The van der Waals surface area contributed by atoms with Gasteiger partial charge in [-0.3, -0.25) is 4.79 Å². The van der Waals surface area contributed by atoms with Crippen LogP contribution >= 0.6 is 22.9 Å². The third kappa shape index (κ3) is 2.97. The Bertz CT molecular complexity index is 632. The third-order valence-corrected chi connectivity index (χ3v) is 7.74. The van der Waals surface area contributed by atoms with E-state index < -0.39 is 10.0 Å². The summed E-state index contributed by atoms with van der Waals surface area (Å²) in [6, 6.07) is 3.13. The van der Waals surface area contributed by atoms with Gasteiger partial charge in [0.2, 0.25) is 5.91 Å². The van der Waals surface area contributed by atoms with Gasteiger partial charge in [-0.05, 0) is 25.0 Å². The Hall–Kier alpha value is -0.630. The highest BCUT2D eigenvalue weighted by Gasteiger charge is 2.34. The van der Waals surface area contributed by atoms with Crippen LogP contribution in [0.25, 0.3) is 0 Å². The van der Waals surface area contributed by atoms with E-state index in [1.54, 1.807) is 11.0 Å². The molecular formula is C13H17ClN2O3S2. The van der Waals surface area contributed by atoms with Crippen molar-refractivity contribution >= 4 is 38.9 Å². The summed E-state index contributed by atoms with van der Waals surface area (Å²) in [6.45, 7) is 1.67. The fourth-order valence-corrected chi connectivity index (χ4v) is 5.69. The second-order valence-electron chi connectivity index (χ2n) is 5.42. The SMILES string of the molecule is O=C(C1CCC1)N1CCN(S(=O)(=O)c2ccc(Cl)s2)CC1. The van der Waals surface area contributed by atoms with Crippen molar-refractivity contribution in [1.82, 2.24) is 9.21 Å². The number of piperazine rings is 1. The Morgan fingerprint density at radius 2 is 1.86 bits per heavy atom. The fourth-order valence-electron chi connectivity index (χ4n) is 2.63. The van der Waals surface area contributed by atoms with Crippen LogP contribution in [0.1, 0.15) is 19.3 Å². The molecule has 1 amide bonds. The maximum atomic E-state index is 12.5. The standard InChI is InChI=1S/C13H17ClN2O3S2/c14-11-4-5-12(20-11)21(18,19)16-8-6-15(7-9-16)13(17)10-2-1-3-10/h4-5,10H,1-3,6-9H2. The Kier molecular flexibility index (Phi) is 4.27. The zero-order chi connectivity index (χ0) is 15.0. The number of halogens is 1. The molecule has 0 N–H and O–H groups in total. The third-order valence-electron chi connectivity index (χ3n) is 4.15. The van der Waals surface area contributed by atoms with E-state index in [1.807, 2.05) is 0 Å². The average Bonchev–Trinajstić information content (AvgIpc) is 2.84. The van der Waals surface area contributed by atoms with Crippen molar-refractivity contribution in [3.05, 3.63) is 16.5 Å². The number of carbonyl (C=O) groups excluding carboxylic acids is 1. The van der Waals surface area contributed by atoms with Crippen molar-refractivity contribution < 1.29 is 13.2 Å². The van der Waals surface area contributed by atoms with E-state index in [0.29, 0.717) is 30.5 Å². The van der Waals surface area contributed by atoms with Crippen LogP contribution in [0.5, 0.6) is 0 Å². The van der Waals surface area contributed by atoms with Gasteiger partial charge < -0.3 is 4.90 Å². The van der Waals surface area contributed by atoms with Crippen LogP contribution in [0.2, 0.25) is 4.34 Å². The summed E-state index contributed by atoms with van der Waals surface area (Å²) in [4.78, 5) is 14.0. The smallest absolute Gasteiger partial charge is 0.252 e. The molecule has 2 aliphatic rings. The molecule has 5 nitrogen and oxygen atoms in total. The molecular weight excluding hydrogens is 332 g/mol. The van der Waals surface area contributed by atoms with Gasteiger partial charge in [0.15, 0.2) is 0 Å². The van der Waals surface area contributed by atoms with Crippen LogP contribution in [0.4, 0.5) is 0 Å². The molecule has 2 fully saturated rings. The Morgan fingerprint density at radius 1 is 1.19 bits per heavy atom. The van der Waals surface area contributed by atoms with E-state index in [2.05, 4.69) is 0 Å². The molecule has 1 aliphatic heterocycles. The molecule has 8 heteroatoms. The minimum absolute atomic E-state index is 0.171. The van der Waals surface area contributed by atoms with Gasteiger partial charge in [0, 0.05) is 32.1 Å². The van der Waals surface area contributed by atoms with E-state index in [1.165, 1.54) is 10.4 Å². The summed E-state index contributed by atoms with van der Waals surface area (Å²) in [5, 5.41) is 0. The zero-order valence-electron chi connectivity index (χ0n) is 11.5. The largest absolute Gasteiger partial charge is 0.340 e. The summed E-state index contributed by atoms with van der Waals surface area (Å²) >= 11 is 6.88.